The number of carboxylic acid groups (broad SMARTS) is 1. The molecular weight excluding hydrogens is 352 g/mol. The number of hydrogen-bond donors (Lipinski definition) is 1. The number of hydrogen-bond acceptors (Lipinski definition) is 4. The summed E-state index contributed by atoms with van der Waals surface area (Å²) in [5.74, 6) is -0.935. The van der Waals surface area contributed by atoms with E-state index in [0.717, 1.165) is 29.1 Å². The summed E-state index contributed by atoms with van der Waals surface area (Å²) in [6, 6.07) is 15.5. The maximum absolute atomic E-state index is 10.9. The average Bonchev–Trinajstić information content (AvgIpc) is 3.08. The molecule has 0 amide bonds. The van der Waals surface area contributed by atoms with Crippen molar-refractivity contribution in [3.05, 3.63) is 65.3 Å². The van der Waals surface area contributed by atoms with Gasteiger partial charge in [0.05, 0.1) is 17.8 Å². The Morgan fingerprint density at radius 2 is 1.81 bits per heavy atom. The molecule has 2 heterocycles. The highest BCUT2D eigenvalue weighted by atomic mass is 35.5. The van der Waals surface area contributed by atoms with Gasteiger partial charge in [-0.2, -0.15) is 0 Å². The quantitative estimate of drug-likeness (QED) is 0.749. The molecule has 0 atom stereocenters. The van der Waals surface area contributed by atoms with Gasteiger partial charge in [-0.3, -0.25) is 9.69 Å². The topological polar surface area (TPSA) is 71.2 Å². The molecule has 2 aromatic carbocycles. The van der Waals surface area contributed by atoms with Gasteiger partial charge in [-0.05, 0) is 29.8 Å². The maximum atomic E-state index is 10.9. The molecule has 1 aromatic heterocycles. The second-order valence-electron chi connectivity index (χ2n) is 6.45. The number of aliphatic carboxylic acids is 1. The fourth-order valence-electron chi connectivity index (χ4n) is 3.01. The van der Waals surface area contributed by atoms with Gasteiger partial charge >= 0.3 is 5.97 Å². The van der Waals surface area contributed by atoms with Crippen LogP contribution in [0.4, 0.5) is 0 Å². The van der Waals surface area contributed by atoms with Crippen LogP contribution >= 0.6 is 11.6 Å². The third-order valence-corrected chi connectivity index (χ3v) is 4.80. The molecule has 7 heteroatoms. The Morgan fingerprint density at radius 3 is 2.46 bits per heavy atom. The molecule has 0 aliphatic carbocycles. The molecule has 4 rings (SSSR count). The highest BCUT2D eigenvalue weighted by molar-refractivity contribution is 6.30. The molecule has 6 nitrogen and oxygen atoms in total. The summed E-state index contributed by atoms with van der Waals surface area (Å²) in [7, 11) is 0. The fourth-order valence-corrected chi connectivity index (χ4v) is 3.14. The van der Waals surface area contributed by atoms with Crippen LogP contribution in [0.2, 0.25) is 5.02 Å². The standard InChI is InChI=1S/C19H17ClN4O2/c20-16-5-3-14(4-6-16)18-12-24(22-21-18)17-7-1-13(2-8-17)9-23-10-15(11-23)19(25)26/h1-8,12,15H,9-11H2,(H,25,26). The SMILES string of the molecule is O=C(O)C1CN(Cc2ccc(-n3cc(-c4ccc(Cl)cc4)nn3)cc2)C1. The molecule has 0 bridgehead atoms. The zero-order valence-corrected chi connectivity index (χ0v) is 14.7. The van der Waals surface area contributed by atoms with Gasteiger partial charge in [-0.25, -0.2) is 4.68 Å². The molecule has 1 aliphatic heterocycles. The summed E-state index contributed by atoms with van der Waals surface area (Å²) in [5, 5.41) is 18.0. The van der Waals surface area contributed by atoms with Gasteiger partial charge in [-0.15, -0.1) is 5.10 Å². The zero-order valence-electron chi connectivity index (χ0n) is 13.9. The predicted octanol–water partition coefficient (Wildman–Crippen LogP) is 3.10. The Balaban J connectivity index is 1.43. The molecule has 1 N–H and O–H groups in total. The first-order valence-electron chi connectivity index (χ1n) is 8.31. The minimum absolute atomic E-state index is 0.226. The summed E-state index contributed by atoms with van der Waals surface area (Å²) in [4.78, 5) is 13.0. The van der Waals surface area contributed by atoms with E-state index in [4.69, 9.17) is 16.7 Å². The van der Waals surface area contributed by atoms with Crippen molar-refractivity contribution in [2.45, 2.75) is 6.54 Å². The third kappa shape index (κ3) is 3.47. The van der Waals surface area contributed by atoms with Gasteiger partial charge in [0.2, 0.25) is 0 Å². The predicted molar refractivity (Wildman–Crippen MR) is 98.2 cm³/mol. The Kier molecular flexibility index (Phi) is 4.44. The number of benzene rings is 2. The van der Waals surface area contributed by atoms with Crippen LogP contribution in [0.5, 0.6) is 0 Å². The number of halogens is 1. The molecule has 132 valence electrons. The van der Waals surface area contributed by atoms with Gasteiger partial charge < -0.3 is 5.11 Å². The van der Waals surface area contributed by atoms with Gasteiger partial charge in [0.15, 0.2) is 0 Å². The minimum Gasteiger partial charge on any atom is -0.481 e. The summed E-state index contributed by atoms with van der Waals surface area (Å²) in [6.45, 7) is 1.99. The lowest BCUT2D eigenvalue weighted by Gasteiger charge is -2.36. The van der Waals surface area contributed by atoms with Crippen molar-refractivity contribution < 1.29 is 9.90 Å². The number of aromatic nitrogens is 3. The Labute approximate surface area is 155 Å². The van der Waals surface area contributed by atoms with Gasteiger partial charge in [0.25, 0.3) is 0 Å². The van der Waals surface area contributed by atoms with Crippen molar-refractivity contribution in [2.24, 2.45) is 5.92 Å². The van der Waals surface area contributed by atoms with Gasteiger partial charge in [0.1, 0.15) is 5.69 Å². The average molecular weight is 369 g/mol. The highest BCUT2D eigenvalue weighted by Gasteiger charge is 2.32. The number of carbonyl (C=O) groups is 1. The van der Waals surface area contributed by atoms with Crippen LogP contribution in [0.25, 0.3) is 16.9 Å². The summed E-state index contributed by atoms with van der Waals surface area (Å²) >= 11 is 5.92. The molecule has 0 saturated carbocycles. The van der Waals surface area contributed by atoms with Crippen molar-refractivity contribution in [3.8, 4) is 16.9 Å². The van der Waals surface area contributed by atoms with Crippen molar-refractivity contribution in [1.29, 1.82) is 0 Å². The molecule has 1 fully saturated rings. The first kappa shape index (κ1) is 16.8. The fraction of sp³-hybridized carbons (Fsp3) is 0.211. The van der Waals surface area contributed by atoms with E-state index >= 15 is 0 Å². The first-order valence-corrected chi connectivity index (χ1v) is 8.69. The van der Waals surface area contributed by atoms with E-state index in [1.165, 1.54) is 0 Å². The number of nitrogens with zero attached hydrogens (tertiary/aromatic N) is 4. The summed E-state index contributed by atoms with van der Waals surface area (Å²) < 4.78 is 1.73. The number of carboxylic acids is 1. The third-order valence-electron chi connectivity index (χ3n) is 4.55. The lowest BCUT2D eigenvalue weighted by Crippen LogP contribution is -2.49. The van der Waals surface area contributed by atoms with Gasteiger partial charge in [-0.1, -0.05) is 41.1 Å². The van der Waals surface area contributed by atoms with Crippen LogP contribution in [0, 0.1) is 5.92 Å². The van der Waals surface area contributed by atoms with Gasteiger partial charge in [0, 0.05) is 30.2 Å². The van der Waals surface area contributed by atoms with Crippen LogP contribution in [-0.4, -0.2) is 44.1 Å². The highest BCUT2D eigenvalue weighted by Crippen LogP contribution is 2.22. The maximum Gasteiger partial charge on any atom is 0.309 e. The van der Waals surface area contributed by atoms with Crippen LogP contribution in [0.15, 0.2) is 54.7 Å². The first-order chi connectivity index (χ1) is 12.6. The van der Waals surface area contributed by atoms with Crippen molar-refractivity contribution in [2.75, 3.05) is 13.1 Å². The van der Waals surface area contributed by atoms with Crippen molar-refractivity contribution in [1.82, 2.24) is 19.9 Å². The zero-order chi connectivity index (χ0) is 18.1. The molecule has 1 saturated heterocycles. The number of likely N-dealkylation sites (tertiary alicyclic amines) is 1. The summed E-state index contributed by atoms with van der Waals surface area (Å²) in [6.07, 6.45) is 1.88. The Morgan fingerprint density at radius 1 is 1.12 bits per heavy atom. The van der Waals surface area contributed by atoms with E-state index in [9.17, 15) is 4.79 Å². The van der Waals surface area contributed by atoms with Crippen molar-refractivity contribution >= 4 is 17.6 Å². The monoisotopic (exact) mass is 368 g/mol. The molecule has 26 heavy (non-hydrogen) atoms. The normalized spacial score (nSPS) is 15.0. The van der Waals surface area contributed by atoms with Crippen molar-refractivity contribution in [3.63, 3.8) is 0 Å². The van der Waals surface area contributed by atoms with Crippen LogP contribution in [0.3, 0.4) is 0 Å². The van der Waals surface area contributed by atoms with Crippen LogP contribution in [0.1, 0.15) is 5.56 Å². The minimum atomic E-state index is -0.709. The largest absolute Gasteiger partial charge is 0.481 e. The summed E-state index contributed by atoms with van der Waals surface area (Å²) in [5.41, 5.74) is 3.82. The smallest absolute Gasteiger partial charge is 0.309 e. The Bertz CT molecular complexity index is 915. The van der Waals surface area contributed by atoms with E-state index in [2.05, 4.69) is 15.2 Å². The lowest BCUT2D eigenvalue weighted by atomic mass is 9.99. The van der Waals surface area contributed by atoms with E-state index in [-0.39, 0.29) is 5.92 Å². The van der Waals surface area contributed by atoms with E-state index in [0.29, 0.717) is 18.1 Å². The molecule has 3 aromatic rings. The molecular formula is C19H17ClN4O2. The molecule has 0 spiro atoms. The molecule has 0 radical (unpaired) electrons. The van der Waals surface area contributed by atoms with Crippen LogP contribution < -0.4 is 0 Å². The van der Waals surface area contributed by atoms with E-state index in [1.807, 2.05) is 54.7 Å². The number of rotatable bonds is 5. The Hall–Kier alpha value is -2.70. The van der Waals surface area contributed by atoms with E-state index in [1.54, 1.807) is 4.68 Å². The lowest BCUT2D eigenvalue weighted by molar-refractivity contribution is -0.147. The second kappa shape index (κ2) is 6.90. The molecule has 1 aliphatic rings. The second-order valence-corrected chi connectivity index (χ2v) is 6.89. The van der Waals surface area contributed by atoms with Crippen LogP contribution in [-0.2, 0) is 11.3 Å². The van der Waals surface area contributed by atoms with E-state index < -0.39 is 5.97 Å². The molecule has 0 unspecified atom stereocenters.